The predicted octanol–water partition coefficient (Wildman–Crippen LogP) is 2.61. The van der Waals surface area contributed by atoms with Crippen LogP contribution in [0.4, 0.5) is 5.69 Å². The zero-order valence-electron chi connectivity index (χ0n) is 12.7. The summed E-state index contributed by atoms with van der Waals surface area (Å²) in [6, 6.07) is 6.69. The minimum absolute atomic E-state index is 0.310. The van der Waals surface area contributed by atoms with Crippen molar-refractivity contribution in [3.63, 3.8) is 0 Å². The van der Waals surface area contributed by atoms with Gasteiger partial charge in [-0.05, 0) is 25.7 Å². The zero-order valence-corrected chi connectivity index (χ0v) is 12.7. The number of hydrogen-bond acceptors (Lipinski definition) is 3. The Morgan fingerprint density at radius 1 is 1.26 bits per heavy atom. The van der Waals surface area contributed by atoms with E-state index in [0.29, 0.717) is 29.8 Å². The lowest BCUT2D eigenvalue weighted by atomic mass is 9.88. The number of carbonyl (C=O) groups is 2. The Bertz CT molecular complexity index is 710. The fourth-order valence-electron chi connectivity index (χ4n) is 3.37. The fraction of sp³-hybridized carbons (Fsp3) is 0.412. The van der Waals surface area contributed by atoms with Crippen LogP contribution in [0.2, 0.25) is 0 Å². The average molecular weight is 311 g/mol. The molecule has 6 nitrogen and oxygen atoms in total. The third-order valence-corrected chi connectivity index (χ3v) is 4.49. The second-order valence-electron chi connectivity index (χ2n) is 5.95. The molecule has 23 heavy (non-hydrogen) atoms. The van der Waals surface area contributed by atoms with Crippen LogP contribution in [0.3, 0.4) is 0 Å². The molecular formula is C17H17N3O3. The van der Waals surface area contributed by atoms with Gasteiger partial charge in [-0.25, -0.2) is 4.85 Å². The zero-order chi connectivity index (χ0) is 16.4. The predicted molar refractivity (Wildman–Crippen MR) is 84.4 cm³/mol. The summed E-state index contributed by atoms with van der Waals surface area (Å²) in [6.07, 6.45) is 4.38. The molecule has 1 aliphatic heterocycles. The maximum Gasteiger partial charge on any atom is 0.323 e. The van der Waals surface area contributed by atoms with Gasteiger partial charge in [0, 0.05) is 5.56 Å². The Morgan fingerprint density at radius 3 is 2.48 bits per heavy atom. The number of aliphatic imine (C=N–C) groups is 1. The molecule has 2 aliphatic rings. The van der Waals surface area contributed by atoms with Crippen LogP contribution in [0.15, 0.2) is 29.3 Å². The van der Waals surface area contributed by atoms with Crippen molar-refractivity contribution in [1.82, 2.24) is 4.90 Å². The van der Waals surface area contributed by atoms with Gasteiger partial charge in [-0.1, -0.05) is 30.7 Å². The van der Waals surface area contributed by atoms with E-state index in [1.807, 2.05) is 0 Å². The van der Waals surface area contributed by atoms with Crippen LogP contribution < -0.4 is 0 Å². The van der Waals surface area contributed by atoms with E-state index in [0.717, 1.165) is 19.3 Å². The Kier molecular flexibility index (Phi) is 3.87. The summed E-state index contributed by atoms with van der Waals surface area (Å²) >= 11 is 0. The van der Waals surface area contributed by atoms with Crippen LogP contribution in [0, 0.1) is 6.57 Å². The molecule has 1 aliphatic carbocycles. The van der Waals surface area contributed by atoms with E-state index in [4.69, 9.17) is 11.7 Å². The van der Waals surface area contributed by atoms with Gasteiger partial charge in [0.1, 0.15) is 17.9 Å². The molecule has 0 bridgehead atoms. The minimum atomic E-state index is -1.02. The first-order valence-corrected chi connectivity index (χ1v) is 7.67. The highest BCUT2D eigenvalue weighted by atomic mass is 16.4. The first-order chi connectivity index (χ1) is 11.1. The Balaban J connectivity index is 1.99. The summed E-state index contributed by atoms with van der Waals surface area (Å²) in [5, 5.41) is 9.15. The van der Waals surface area contributed by atoms with Crippen molar-refractivity contribution < 1.29 is 14.7 Å². The molecule has 1 spiro atoms. The molecule has 0 unspecified atom stereocenters. The number of aliphatic carboxylic acids is 1. The molecule has 0 saturated heterocycles. The van der Waals surface area contributed by atoms with Crippen molar-refractivity contribution in [3.8, 4) is 0 Å². The van der Waals surface area contributed by atoms with Crippen molar-refractivity contribution >= 4 is 23.3 Å². The van der Waals surface area contributed by atoms with E-state index < -0.39 is 11.6 Å². The molecule has 118 valence electrons. The van der Waals surface area contributed by atoms with Crippen LogP contribution in [-0.4, -0.2) is 39.8 Å². The Morgan fingerprint density at radius 2 is 1.91 bits per heavy atom. The van der Waals surface area contributed by atoms with Crippen molar-refractivity contribution in [2.24, 2.45) is 4.99 Å². The van der Waals surface area contributed by atoms with Crippen LogP contribution in [-0.2, 0) is 9.59 Å². The molecule has 1 heterocycles. The van der Waals surface area contributed by atoms with Crippen molar-refractivity contribution in [2.45, 2.75) is 37.8 Å². The lowest BCUT2D eigenvalue weighted by molar-refractivity contribution is -0.145. The standard InChI is InChI=1S/C17H17N3O3/c1-18-13-7-5-12(6-8-13)15-16(23)20(11-14(21)22)17(19-15)9-3-2-4-10-17/h5-8H,2-4,9-11H2,(H,21,22). The maximum atomic E-state index is 12.7. The minimum Gasteiger partial charge on any atom is -0.480 e. The summed E-state index contributed by atoms with van der Waals surface area (Å²) in [5.41, 5.74) is 0.737. The quantitative estimate of drug-likeness (QED) is 0.872. The summed E-state index contributed by atoms with van der Waals surface area (Å²) in [7, 11) is 0. The third-order valence-electron chi connectivity index (χ3n) is 4.49. The maximum absolute atomic E-state index is 12.7. The van der Waals surface area contributed by atoms with Gasteiger partial charge in [0.25, 0.3) is 5.91 Å². The van der Waals surface area contributed by atoms with Crippen molar-refractivity contribution in [2.75, 3.05) is 6.54 Å². The topological polar surface area (TPSA) is 74.3 Å². The number of nitrogens with zero attached hydrogens (tertiary/aromatic N) is 3. The van der Waals surface area contributed by atoms with Crippen molar-refractivity contribution in [1.29, 1.82) is 0 Å². The number of carboxylic acids is 1. The smallest absolute Gasteiger partial charge is 0.323 e. The van der Waals surface area contributed by atoms with Gasteiger partial charge in [0.15, 0.2) is 5.69 Å². The first kappa shape index (κ1) is 15.2. The number of hydrogen-bond donors (Lipinski definition) is 1. The van der Waals surface area contributed by atoms with Gasteiger partial charge in [-0.3, -0.25) is 14.6 Å². The van der Waals surface area contributed by atoms with Gasteiger partial charge < -0.3 is 10.0 Å². The van der Waals surface area contributed by atoms with Crippen LogP contribution in [0.25, 0.3) is 4.85 Å². The molecule has 1 aromatic carbocycles. The second-order valence-corrected chi connectivity index (χ2v) is 5.95. The molecule has 0 atom stereocenters. The van der Waals surface area contributed by atoms with Gasteiger partial charge >= 0.3 is 5.97 Å². The summed E-state index contributed by atoms with van der Waals surface area (Å²) in [5.74, 6) is -1.35. The van der Waals surface area contributed by atoms with Gasteiger partial charge in [0.2, 0.25) is 0 Å². The summed E-state index contributed by atoms with van der Waals surface area (Å²) in [6.45, 7) is 6.65. The van der Waals surface area contributed by atoms with Gasteiger partial charge in [-0.15, -0.1) is 0 Å². The van der Waals surface area contributed by atoms with E-state index in [2.05, 4.69) is 9.84 Å². The Labute approximate surface area is 134 Å². The molecular weight excluding hydrogens is 294 g/mol. The lowest BCUT2D eigenvalue weighted by Gasteiger charge is -2.38. The van der Waals surface area contributed by atoms with E-state index in [-0.39, 0.29) is 12.5 Å². The summed E-state index contributed by atoms with van der Waals surface area (Å²) < 4.78 is 0. The SMILES string of the molecule is [C-]#[N+]c1ccc(C2=NC3(CCCCC3)N(CC(=O)O)C2=O)cc1. The monoisotopic (exact) mass is 311 g/mol. The van der Waals surface area contributed by atoms with Gasteiger partial charge in [0.05, 0.1) is 6.57 Å². The molecule has 1 fully saturated rings. The molecule has 6 heteroatoms. The molecule has 1 aromatic rings. The number of carbonyl (C=O) groups excluding carboxylic acids is 1. The third kappa shape index (κ3) is 2.70. The molecule has 1 amide bonds. The summed E-state index contributed by atoms with van der Waals surface area (Å²) in [4.78, 5) is 33.3. The van der Waals surface area contributed by atoms with E-state index in [1.165, 1.54) is 4.90 Å². The average Bonchev–Trinajstić information content (AvgIpc) is 2.81. The number of amides is 1. The Hall–Kier alpha value is -2.68. The van der Waals surface area contributed by atoms with E-state index >= 15 is 0 Å². The molecule has 0 aromatic heterocycles. The number of rotatable bonds is 3. The highest BCUT2D eigenvalue weighted by Crippen LogP contribution is 2.39. The van der Waals surface area contributed by atoms with Crippen LogP contribution in [0.5, 0.6) is 0 Å². The molecule has 0 radical (unpaired) electrons. The first-order valence-electron chi connectivity index (χ1n) is 7.67. The van der Waals surface area contributed by atoms with Crippen molar-refractivity contribution in [3.05, 3.63) is 41.2 Å². The molecule has 1 N–H and O–H groups in total. The second kappa shape index (κ2) is 5.84. The van der Waals surface area contributed by atoms with Gasteiger partial charge in [-0.2, -0.15) is 0 Å². The normalized spacial score (nSPS) is 19.5. The highest BCUT2D eigenvalue weighted by molar-refractivity contribution is 6.47. The largest absolute Gasteiger partial charge is 0.480 e. The highest BCUT2D eigenvalue weighted by Gasteiger charge is 2.48. The van der Waals surface area contributed by atoms with E-state index in [1.54, 1.807) is 24.3 Å². The van der Waals surface area contributed by atoms with E-state index in [9.17, 15) is 9.59 Å². The number of benzene rings is 1. The fourth-order valence-corrected chi connectivity index (χ4v) is 3.37. The van der Waals surface area contributed by atoms with Crippen LogP contribution >= 0.6 is 0 Å². The molecule has 3 rings (SSSR count). The number of carboxylic acid groups (broad SMARTS) is 1. The lowest BCUT2D eigenvalue weighted by Crippen LogP contribution is -2.50. The van der Waals surface area contributed by atoms with Crippen LogP contribution in [0.1, 0.15) is 37.7 Å². The molecule has 1 saturated carbocycles.